The van der Waals surface area contributed by atoms with Crippen molar-refractivity contribution in [3.05, 3.63) is 35.4 Å². The lowest BCUT2D eigenvalue weighted by Crippen LogP contribution is -2.47. The van der Waals surface area contributed by atoms with E-state index in [0.29, 0.717) is 13.2 Å². The van der Waals surface area contributed by atoms with E-state index in [4.69, 9.17) is 10.5 Å². The lowest BCUT2D eigenvalue weighted by atomic mass is 9.93. The molecule has 0 spiro atoms. The van der Waals surface area contributed by atoms with Crippen LogP contribution in [0, 0.1) is 0 Å². The predicted molar refractivity (Wildman–Crippen MR) is 65.6 cm³/mol. The topological polar surface area (TPSA) is 38.5 Å². The summed E-state index contributed by atoms with van der Waals surface area (Å²) in [6, 6.07) is 5.15. The Bertz CT molecular complexity index is 436. The number of nitrogens with two attached hydrogens (primary N) is 1. The maximum Gasteiger partial charge on any atom is 0.416 e. The zero-order chi connectivity index (χ0) is 14.0. The fourth-order valence-corrected chi connectivity index (χ4v) is 2.51. The Kier molecular flexibility index (Phi) is 4.13. The van der Waals surface area contributed by atoms with Crippen molar-refractivity contribution in [2.45, 2.75) is 18.3 Å². The van der Waals surface area contributed by atoms with Crippen molar-refractivity contribution < 1.29 is 17.9 Å². The second-order valence-electron chi connectivity index (χ2n) is 4.66. The smallest absolute Gasteiger partial charge is 0.374 e. The molecule has 0 aliphatic carbocycles. The van der Waals surface area contributed by atoms with Crippen molar-refractivity contribution in [3.8, 4) is 0 Å². The molecule has 6 heteroatoms. The van der Waals surface area contributed by atoms with Crippen LogP contribution in [0.3, 0.4) is 0 Å². The molecule has 1 heterocycles. The van der Waals surface area contributed by atoms with Gasteiger partial charge in [-0.15, -0.1) is 0 Å². The Balaban J connectivity index is 2.44. The number of hydrogen-bond acceptors (Lipinski definition) is 3. The molecule has 19 heavy (non-hydrogen) atoms. The summed E-state index contributed by atoms with van der Waals surface area (Å²) >= 11 is 0. The minimum atomic E-state index is -4.37. The molecular formula is C13H17F3N2O. The average molecular weight is 274 g/mol. The molecule has 2 rings (SSSR count). The van der Waals surface area contributed by atoms with Crippen LogP contribution < -0.4 is 5.73 Å². The number of halogens is 3. The number of rotatable bonds is 2. The zero-order valence-corrected chi connectivity index (χ0v) is 10.7. The highest BCUT2D eigenvalue weighted by molar-refractivity contribution is 5.33. The van der Waals surface area contributed by atoms with Gasteiger partial charge in [0.05, 0.1) is 24.3 Å². The molecule has 106 valence electrons. The minimum Gasteiger partial charge on any atom is -0.374 e. The normalized spacial score (nSPS) is 25.5. The molecule has 0 saturated carbocycles. The highest BCUT2D eigenvalue weighted by Crippen LogP contribution is 2.38. The predicted octanol–water partition coefficient (Wildman–Crippen LogP) is 2.04. The molecule has 3 nitrogen and oxygen atoms in total. The fraction of sp³-hybridized carbons (Fsp3) is 0.538. The first-order chi connectivity index (χ1) is 8.95. The van der Waals surface area contributed by atoms with E-state index in [-0.39, 0.29) is 12.1 Å². The van der Waals surface area contributed by atoms with Gasteiger partial charge in [0.25, 0.3) is 0 Å². The highest BCUT2D eigenvalue weighted by Gasteiger charge is 2.39. The molecule has 1 saturated heterocycles. The molecule has 2 unspecified atom stereocenters. The number of nitrogens with zero attached hydrogens (tertiary/aromatic N) is 1. The number of morpholine rings is 1. The first kappa shape index (κ1) is 14.3. The zero-order valence-electron chi connectivity index (χ0n) is 10.7. The van der Waals surface area contributed by atoms with E-state index < -0.39 is 23.9 Å². The first-order valence-corrected chi connectivity index (χ1v) is 6.13. The molecular weight excluding hydrogens is 257 g/mol. The van der Waals surface area contributed by atoms with Crippen molar-refractivity contribution in [2.75, 3.05) is 26.7 Å². The number of likely N-dealkylation sites (N-methyl/N-ethyl adjacent to an activating group) is 1. The van der Waals surface area contributed by atoms with Gasteiger partial charge in [-0.25, -0.2) is 0 Å². The second kappa shape index (κ2) is 5.48. The van der Waals surface area contributed by atoms with Gasteiger partial charge in [-0.1, -0.05) is 18.2 Å². The molecule has 1 aromatic carbocycles. The van der Waals surface area contributed by atoms with Gasteiger partial charge in [-0.2, -0.15) is 13.2 Å². The van der Waals surface area contributed by atoms with Crippen molar-refractivity contribution in [1.29, 1.82) is 0 Å². The Labute approximate surface area is 110 Å². The number of alkyl halides is 3. The molecule has 1 fully saturated rings. The van der Waals surface area contributed by atoms with Gasteiger partial charge in [0, 0.05) is 13.1 Å². The summed E-state index contributed by atoms with van der Waals surface area (Å²) in [4.78, 5) is 1.87. The number of benzene rings is 1. The molecule has 1 aliphatic rings. The third kappa shape index (κ3) is 2.91. The summed E-state index contributed by atoms with van der Waals surface area (Å²) in [6.07, 6.45) is -4.78. The number of ether oxygens (including phenoxy) is 1. The molecule has 1 aliphatic heterocycles. The van der Waals surface area contributed by atoms with Crippen LogP contribution in [0.2, 0.25) is 0 Å². The van der Waals surface area contributed by atoms with E-state index in [1.165, 1.54) is 12.1 Å². The maximum atomic E-state index is 13.1. The van der Waals surface area contributed by atoms with Crippen molar-refractivity contribution >= 4 is 0 Å². The van der Waals surface area contributed by atoms with Crippen LogP contribution in [0.5, 0.6) is 0 Å². The Morgan fingerprint density at radius 2 is 2.05 bits per heavy atom. The molecule has 0 bridgehead atoms. The van der Waals surface area contributed by atoms with Gasteiger partial charge in [0.1, 0.15) is 0 Å². The number of hydrogen-bond donors (Lipinski definition) is 1. The second-order valence-corrected chi connectivity index (χ2v) is 4.66. The van der Waals surface area contributed by atoms with Crippen molar-refractivity contribution in [2.24, 2.45) is 5.73 Å². The Morgan fingerprint density at radius 3 is 2.68 bits per heavy atom. The molecule has 2 N–H and O–H groups in total. The van der Waals surface area contributed by atoms with Crippen molar-refractivity contribution in [1.82, 2.24) is 4.90 Å². The fourth-order valence-electron chi connectivity index (χ4n) is 2.51. The average Bonchev–Trinajstić information content (AvgIpc) is 2.37. The quantitative estimate of drug-likeness (QED) is 0.897. The third-order valence-corrected chi connectivity index (χ3v) is 3.42. The van der Waals surface area contributed by atoms with E-state index >= 15 is 0 Å². The van der Waals surface area contributed by atoms with Crippen molar-refractivity contribution in [3.63, 3.8) is 0 Å². The highest BCUT2D eigenvalue weighted by atomic mass is 19.4. The maximum absolute atomic E-state index is 13.1. The van der Waals surface area contributed by atoms with Gasteiger partial charge < -0.3 is 10.5 Å². The van der Waals surface area contributed by atoms with Crippen LogP contribution >= 0.6 is 0 Å². The van der Waals surface area contributed by atoms with E-state index in [2.05, 4.69) is 0 Å². The van der Waals surface area contributed by atoms with Crippen LogP contribution in [0.15, 0.2) is 24.3 Å². The monoisotopic (exact) mass is 274 g/mol. The summed E-state index contributed by atoms with van der Waals surface area (Å²) in [6.45, 7) is 1.28. The Hall–Kier alpha value is -1.11. The van der Waals surface area contributed by atoms with Crippen LogP contribution in [0.1, 0.15) is 17.2 Å². The van der Waals surface area contributed by atoms with Gasteiger partial charge in [0.15, 0.2) is 0 Å². The van der Waals surface area contributed by atoms with Crippen LogP contribution in [-0.2, 0) is 10.9 Å². The molecule has 1 aromatic rings. The summed E-state index contributed by atoms with van der Waals surface area (Å²) in [5, 5.41) is 0. The third-order valence-electron chi connectivity index (χ3n) is 3.42. The van der Waals surface area contributed by atoms with E-state index in [9.17, 15) is 13.2 Å². The van der Waals surface area contributed by atoms with Gasteiger partial charge in [-0.05, 0) is 18.7 Å². The summed E-state index contributed by atoms with van der Waals surface area (Å²) < 4.78 is 44.7. The van der Waals surface area contributed by atoms with Crippen LogP contribution in [-0.4, -0.2) is 37.7 Å². The van der Waals surface area contributed by atoms with E-state index in [1.807, 2.05) is 4.90 Å². The standard InChI is InChI=1S/C13H17F3N2O/c1-18-6-7-19-11(8-17)12(18)9-4-2-3-5-10(9)13(14,15)16/h2-5,11-12H,6-8,17H2,1H3. The van der Waals surface area contributed by atoms with Crippen LogP contribution in [0.4, 0.5) is 13.2 Å². The summed E-state index contributed by atoms with van der Waals surface area (Å²) in [7, 11) is 1.79. The first-order valence-electron chi connectivity index (χ1n) is 6.13. The molecule has 0 aromatic heterocycles. The van der Waals surface area contributed by atoms with Gasteiger partial charge >= 0.3 is 6.18 Å². The Morgan fingerprint density at radius 1 is 1.37 bits per heavy atom. The molecule has 0 radical (unpaired) electrons. The lowest BCUT2D eigenvalue weighted by Gasteiger charge is -2.39. The van der Waals surface area contributed by atoms with Gasteiger partial charge in [-0.3, -0.25) is 4.90 Å². The SMILES string of the molecule is CN1CCOC(CN)C1c1ccccc1C(F)(F)F. The summed E-state index contributed by atoms with van der Waals surface area (Å²) in [5.41, 5.74) is 5.23. The molecule has 2 atom stereocenters. The largest absolute Gasteiger partial charge is 0.416 e. The van der Waals surface area contributed by atoms with E-state index in [1.54, 1.807) is 13.1 Å². The summed E-state index contributed by atoms with van der Waals surface area (Å²) in [5.74, 6) is 0. The molecule has 0 amide bonds. The minimum absolute atomic E-state index is 0.196. The van der Waals surface area contributed by atoms with Crippen LogP contribution in [0.25, 0.3) is 0 Å². The van der Waals surface area contributed by atoms with E-state index in [0.717, 1.165) is 6.07 Å². The lowest BCUT2D eigenvalue weighted by molar-refractivity contribution is -0.140. The van der Waals surface area contributed by atoms with Gasteiger partial charge in [0.2, 0.25) is 0 Å².